The smallest absolute Gasteiger partial charge is 0.248 e. The summed E-state index contributed by atoms with van der Waals surface area (Å²) < 4.78 is 34.2. The Bertz CT molecular complexity index is 1180. The summed E-state index contributed by atoms with van der Waals surface area (Å²) in [5.41, 5.74) is 3.53. The van der Waals surface area contributed by atoms with Crippen LogP contribution >= 0.6 is 0 Å². The van der Waals surface area contributed by atoms with Gasteiger partial charge in [0.25, 0.3) is 0 Å². The van der Waals surface area contributed by atoms with Crippen LogP contribution in [0.5, 0.6) is 0 Å². The van der Waals surface area contributed by atoms with Crippen molar-refractivity contribution in [2.24, 2.45) is 5.92 Å². The van der Waals surface area contributed by atoms with Crippen LogP contribution in [0.2, 0.25) is 0 Å². The first-order valence-electron chi connectivity index (χ1n) is 11.9. The second-order valence-electron chi connectivity index (χ2n) is 9.49. The number of rotatable bonds is 5. The van der Waals surface area contributed by atoms with E-state index >= 15 is 0 Å². The standard InChI is InChI=1S/C25H34N4O4S/c1-18-7-8-19(2)21(16-18)9-10-23-24(20(3)26-33-23)34(31,32)29-11-5-6-22(17-29)25(30)28-14-12-27(4)13-15-28/h7-10,16,22H,5-6,11-15,17H2,1-4H3/b10-9+. The average molecular weight is 487 g/mol. The number of hydrogen-bond donors (Lipinski definition) is 0. The number of likely N-dealkylation sites (N-methyl/N-ethyl adjacent to an activating group) is 1. The molecule has 1 unspecified atom stereocenters. The van der Waals surface area contributed by atoms with Gasteiger partial charge in [0, 0.05) is 39.3 Å². The van der Waals surface area contributed by atoms with Crippen LogP contribution in [0, 0.1) is 26.7 Å². The van der Waals surface area contributed by atoms with Gasteiger partial charge in [0.15, 0.2) is 10.7 Å². The van der Waals surface area contributed by atoms with E-state index in [1.54, 1.807) is 13.0 Å². The molecule has 8 nitrogen and oxygen atoms in total. The van der Waals surface area contributed by atoms with Gasteiger partial charge in [-0.05, 0) is 57.9 Å². The van der Waals surface area contributed by atoms with Crippen molar-refractivity contribution < 1.29 is 17.7 Å². The fourth-order valence-corrected chi connectivity index (χ4v) is 6.45. The van der Waals surface area contributed by atoms with Crippen LogP contribution in [0.15, 0.2) is 27.6 Å². The minimum absolute atomic E-state index is 0.0603. The highest BCUT2D eigenvalue weighted by atomic mass is 32.2. The topological polar surface area (TPSA) is 87.0 Å². The lowest BCUT2D eigenvalue weighted by atomic mass is 9.98. The highest BCUT2D eigenvalue weighted by Crippen LogP contribution is 2.30. The van der Waals surface area contributed by atoms with Gasteiger partial charge >= 0.3 is 0 Å². The van der Waals surface area contributed by atoms with E-state index in [4.69, 9.17) is 4.52 Å². The lowest BCUT2D eigenvalue weighted by Gasteiger charge is -2.37. The summed E-state index contributed by atoms with van der Waals surface area (Å²) in [6, 6.07) is 6.11. The highest BCUT2D eigenvalue weighted by Gasteiger charge is 2.38. The van der Waals surface area contributed by atoms with Gasteiger partial charge in [0.2, 0.25) is 15.9 Å². The Labute approximate surface area is 202 Å². The molecule has 9 heteroatoms. The van der Waals surface area contributed by atoms with Crippen molar-refractivity contribution in [1.82, 2.24) is 19.3 Å². The molecular weight excluding hydrogens is 452 g/mol. The maximum atomic E-state index is 13.7. The van der Waals surface area contributed by atoms with Crippen molar-refractivity contribution in [2.45, 2.75) is 38.5 Å². The maximum Gasteiger partial charge on any atom is 0.248 e. The first-order chi connectivity index (χ1) is 16.2. The number of aromatic nitrogens is 1. The van der Waals surface area contributed by atoms with Gasteiger partial charge in [-0.25, -0.2) is 8.42 Å². The lowest BCUT2D eigenvalue weighted by molar-refractivity contribution is -0.138. The van der Waals surface area contributed by atoms with E-state index in [1.165, 1.54) is 4.31 Å². The van der Waals surface area contributed by atoms with Gasteiger partial charge < -0.3 is 14.3 Å². The number of sulfonamides is 1. The Hall–Kier alpha value is -2.49. The summed E-state index contributed by atoms with van der Waals surface area (Å²) in [5, 5.41) is 3.95. The van der Waals surface area contributed by atoms with E-state index in [1.807, 2.05) is 50.1 Å². The second-order valence-corrected chi connectivity index (χ2v) is 11.4. The van der Waals surface area contributed by atoms with Crippen molar-refractivity contribution in [3.63, 3.8) is 0 Å². The highest BCUT2D eigenvalue weighted by molar-refractivity contribution is 7.89. The molecule has 1 atom stereocenters. The molecule has 34 heavy (non-hydrogen) atoms. The van der Waals surface area contributed by atoms with Crippen molar-refractivity contribution >= 4 is 28.1 Å². The Morgan fingerprint density at radius 2 is 1.82 bits per heavy atom. The zero-order valence-corrected chi connectivity index (χ0v) is 21.3. The van der Waals surface area contributed by atoms with Gasteiger partial charge in [-0.1, -0.05) is 35.0 Å². The molecule has 2 saturated heterocycles. The van der Waals surface area contributed by atoms with Crippen molar-refractivity contribution in [3.05, 3.63) is 46.3 Å². The summed E-state index contributed by atoms with van der Waals surface area (Å²) in [7, 11) is -1.82. The van der Waals surface area contributed by atoms with E-state index < -0.39 is 10.0 Å². The number of aryl methyl sites for hydroxylation is 3. The molecule has 0 bridgehead atoms. The molecule has 2 aliphatic rings. The van der Waals surface area contributed by atoms with E-state index in [-0.39, 0.29) is 29.0 Å². The summed E-state index contributed by atoms with van der Waals surface area (Å²) in [4.78, 5) is 17.3. The van der Waals surface area contributed by atoms with Gasteiger partial charge in [0.05, 0.1) is 5.92 Å². The first-order valence-corrected chi connectivity index (χ1v) is 13.3. The maximum absolute atomic E-state index is 13.7. The third-order valence-electron chi connectivity index (χ3n) is 6.83. The van der Waals surface area contributed by atoms with E-state index in [9.17, 15) is 13.2 Å². The number of benzene rings is 1. The number of piperazine rings is 1. The predicted octanol–water partition coefficient (Wildman–Crippen LogP) is 2.94. The molecule has 2 aliphatic heterocycles. The summed E-state index contributed by atoms with van der Waals surface area (Å²) >= 11 is 0. The minimum atomic E-state index is -3.86. The van der Waals surface area contributed by atoms with Crippen LogP contribution < -0.4 is 0 Å². The first kappa shape index (κ1) is 24.6. The fourth-order valence-electron chi connectivity index (χ4n) is 4.68. The molecule has 0 N–H and O–H groups in total. The minimum Gasteiger partial charge on any atom is -0.355 e. The Morgan fingerprint density at radius 1 is 1.09 bits per heavy atom. The molecule has 1 aromatic heterocycles. The van der Waals surface area contributed by atoms with Crippen LogP contribution in [-0.4, -0.2) is 79.9 Å². The largest absolute Gasteiger partial charge is 0.355 e. The quantitative estimate of drug-likeness (QED) is 0.646. The van der Waals surface area contributed by atoms with E-state index in [0.29, 0.717) is 38.2 Å². The van der Waals surface area contributed by atoms with Crippen molar-refractivity contribution in [3.8, 4) is 0 Å². The molecule has 0 spiro atoms. The van der Waals surface area contributed by atoms with Gasteiger partial charge in [0.1, 0.15) is 5.69 Å². The fraction of sp³-hybridized carbons (Fsp3) is 0.520. The number of piperidine rings is 1. The molecule has 3 heterocycles. The van der Waals surface area contributed by atoms with Crippen LogP contribution in [0.1, 0.15) is 41.0 Å². The van der Waals surface area contributed by atoms with Gasteiger partial charge in [-0.2, -0.15) is 4.31 Å². The van der Waals surface area contributed by atoms with Crippen LogP contribution in [-0.2, 0) is 14.8 Å². The van der Waals surface area contributed by atoms with Crippen molar-refractivity contribution in [2.75, 3.05) is 46.3 Å². The van der Waals surface area contributed by atoms with E-state index in [2.05, 4.69) is 10.1 Å². The second kappa shape index (κ2) is 10.0. The molecule has 0 radical (unpaired) electrons. The Kier molecular flexibility index (Phi) is 7.25. The molecule has 2 fully saturated rings. The number of hydrogen-bond acceptors (Lipinski definition) is 6. The molecule has 1 aromatic carbocycles. The summed E-state index contributed by atoms with van der Waals surface area (Å²) in [6.07, 6.45) is 4.89. The molecule has 1 amide bonds. The Morgan fingerprint density at radius 3 is 2.56 bits per heavy atom. The zero-order chi connectivity index (χ0) is 24.5. The number of nitrogens with zero attached hydrogens (tertiary/aromatic N) is 4. The third-order valence-corrected chi connectivity index (χ3v) is 8.85. The monoisotopic (exact) mass is 486 g/mol. The molecule has 4 rings (SSSR count). The Balaban J connectivity index is 1.55. The van der Waals surface area contributed by atoms with Gasteiger partial charge in [-0.15, -0.1) is 0 Å². The number of carbonyl (C=O) groups excluding carboxylic acids is 1. The number of carbonyl (C=O) groups is 1. The van der Waals surface area contributed by atoms with Crippen LogP contribution in [0.25, 0.3) is 12.2 Å². The molecule has 0 saturated carbocycles. The third kappa shape index (κ3) is 5.11. The normalized spacial score (nSPS) is 20.8. The van der Waals surface area contributed by atoms with Crippen LogP contribution in [0.4, 0.5) is 0 Å². The SMILES string of the molecule is Cc1ccc(C)c(/C=C/c2onc(C)c2S(=O)(=O)N2CCCC(C(=O)N3CCN(C)CC3)C2)c1. The van der Waals surface area contributed by atoms with Crippen molar-refractivity contribution in [1.29, 1.82) is 0 Å². The lowest BCUT2D eigenvalue weighted by Crippen LogP contribution is -2.52. The summed E-state index contributed by atoms with van der Waals surface area (Å²) in [5.74, 6) is -0.0444. The summed E-state index contributed by atoms with van der Waals surface area (Å²) in [6.45, 7) is 9.32. The average Bonchev–Trinajstić information content (AvgIpc) is 3.21. The van der Waals surface area contributed by atoms with Crippen LogP contribution in [0.3, 0.4) is 0 Å². The predicted molar refractivity (Wildman–Crippen MR) is 132 cm³/mol. The molecule has 2 aromatic rings. The molecular formula is C25H34N4O4S. The molecule has 184 valence electrons. The number of amides is 1. The van der Waals surface area contributed by atoms with Gasteiger partial charge in [-0.3, -0.25) is 4.79 Å². The molecule has 0 aliphatic carbocycles. The zero-order valence-electron chi connectivity index (χ0n) is 20.5. The van der Waals surface area contributed by atoms with E-state index in [0.717, 1.165) is 29.8 Å².